The van der Waals surface area contributed by atoms with Gasteiger partial charge in [0, 0.05) is 0 Å². The van der Waals surface area contributed by atoms with E-state index in [0.717, 1.165) is 0 Å². The lowest BCUT2D eigenvalue weighted by Gasteiger charge is -1.84. The first-order valence-electron chi connectivity index (χ1n) is 2.51. The molecular formula is C5H8FNO. The highest BCUT2D eigenvalue weighted by Crippen LogP contribution is 1.87. The van der Waals surface area contributed by atoms with Crippen molar-refractivity contribution in [1.82, 2.24) is 0 Å². The molecule has 0 saturated carbocycles. The van der Waals surface area contributed by atoms with Gasteiger partial charge in [0.1, 0.15) is 0 Å². The molecule has 3 heteroatoms. The molecule has 0 aliphatic rings. The lowest BCUT2D eigenvalue weighted by molar-refractivity contribution is 0.464. The van der Waals surface area contributed by atoms with Crippen LogP contribution in [-0.4, -0.2) is 19.3 Å². The second kappa shape index (κ2) is 6.31. The summed E-state index contributed by atoms with van der Waals surface area (Å²) in [4.78, 5) is 12.6. The minimum atomic E-state index is -0.325. The number of nitrogens with zero attached hydrogens (tertiary/aromatic N) is 1. The van der Waals surface area contributed by atoms with Gasteiger partial charge in [-0.3, -0.25) is 4.39 Å². The quantitative estimate of drug-likeness (QED) is 0.307. The molecule has 0 N–H and O–H groups in total. The van der Waals surface area contributed by atoms with Crippen LogP contribution in [-0.2, 0) is 4.79 Å². The number of isocyanates is 1. The van der Waals surface area contributed by atoms with E-state index in [0.29, 0.717) is 19.4 Å². The van der Waals surface area contributed by atoms with Gasteiger partial charge >= 0.3 is 0 Å². The van der Waals surface area contributed by atoms with E-state index in [1.54, 1.807) is 0 Å². The smallest absolute Gasteiger partial charge is 0.234 e. The lowest BCUT2D eigenvalue weighted by Crippen LogP contribution is -1.81. The van der Waals surface area contributed by atoms with Crippen molar-refractivity contribution in [2.75, 3.05) is 13.2 Å². The Hall–Kier alpha value is -0.690. The van der Waals surface area contributed by atoms with E-state index in [4.69, 9.17) is 0 Å². The van der Waals surface area contributed by atoms with Crippen LogP contribution in [0.1, 0.15) is 12.8 Å². The Labute approximate surface area is 47.4 Å². The molecule has 0 fully saturated rings. The summed E-state index contributed by atoms with van der Waals surface area (Å²) in [5, 5.41) is 0. The maximum atomic E-state index is 11.3. The number of rotatable bonds is 4. The second-order valence-corrected chi connectivity index (χ2v) is 1.37. The van der Waals surface area contributed by atoms with E-state index in [1.165, 1.54) is 6.08 Å². The second-order valence-electron chi connectivity index (χ2n) is 1.37. The number of unbranched alkanes of at least 4 members (excludes halogenated alkanes) is 1. The van der Waals surface area contributed by atoms with Crippen LogP contribution in [0, 0.1) is 0 Å². The van der Waals surface area contributed by atoms with Crippen molar-refractivity contribution in [3.05, 3.63) is 0 Å². The number of hydrogen-bond acceptors (Lipinski definition) is 2. The van der Waals surface area contributed by atoms with Crippen molar-refractivity contribution < 1.29 is 9.18 Å². The first-order chi connectivity index (χ1) is 3.91. The fraction of sp³-hybridized carbons (Fsp3) is 0.800. The van der Waals surface area contributed by atoms with Gasteiger partial charge in [-0.15, -0.1) is 0 Å². The fourth-order valence-electron chi connectivity index (χ4n) is 0.331. The molecule has 0 unspecified atom stereocenters. The van der Waals surface area contributed by atoms with E-state index in [9.17, 15) is 9.18 Å². The summed E-state index contributed by atoms with van der Waals surface area (Å²) in [6.07, 6.45) is 2.51. The van der Waals surface area contributed by atoms with Gasteiger partial charge in [0.05, 0.1) is 13.2 Å². The Morgan fingerprint density at radius 2 is 2.25 bits per heavy atom. The first-order valence-corrected chi connectivity index (χ1v) is 2.51. The van der Waals surface area contributed by atoms with Crippen LogP contribution in [0.2, 0.25) is 0 Å². The number of carbonyl (C=O) groups excluding carboxylic acids is 1. The summed E-state index contributed by atoms with van der Waals surface area (Å²) in [5.74, 6) is 0. The predicted molar refractivity (Wildman–Crippen MR) is 28.2 cm³/mol. The highest BCUT2D eigenvalue weighted by atomic mass is 19.1. The predicted octanol–water partition coefficient (Wildman–Crippen LogP) is 1.07. The number of halogens is 1. The highest BCUT2D eigenvalue weighted by Gasteiger charge is 1.82. The van der Waals surface area contributed by atoms with Crippen LogP contribution in [0.3, 0.4) is 0 Å². The summed E-state index contributed by atoms with van der Waals surface area (Å²) in [7, 11) is 0. The van der Waals surface area contributed by atoms with E-state index < -0.39 is 0 Å². The molecule has 0 spiro atoms. The molecule has 0 aliphatic heterocycles. The normalized spacial score (nSPS) is 8.12. The van der Waals surface area contributed by atoms with Crippen molar-refractivity contribution in [2.45, 2.75) is 12.8 Å². The van der Waals surface area contributed by atoms with Gasteiger partial charge in [0.15, 0.2) is 0 Å². The molecule has 2 nitrogen and oxygen atoms in total. The molecule has 0 aromatic heterocycles. The van der Waals surface area contributed by atoms with Crippen molar-refractivity contribution >= 4 is 6.08 Å². The zero-order valence-electron chi connectivity index (χ0n) is 4.56. The SMILES string of the molecule is O=C=NCCCCF. The number of aliphatic imine (C=N–C) groups is 1. The Morgan fingerprint density at radius 3 is 2.75 bits per heavy atom. The summed E-state index contributed by atoms with van der Waals surface area (Å²) in [6, 6.07) is 0. The number of hydrogen-bond donors (Lipinski definition) is 0. The molecule has 0 radical (unpaired) electrons. The first kappa shape index (κ1) is 7.31. The molecule has 0 atom stereocenters. The van der Waals surface area contributed by atoms with Gasteiger partial charge < -0.3 is 0 Å². The summed E-state index contributed by atoms with van der Waals surface area (Å²) in [6.45, 7) is 0.0851. The third kappa shape index (κ3) is 5.31. The topological polar surface area (TPSA) is 29.4 Å². The third-order valence-corrected chi connectivity index (χ3v) is 0.718. The third-order valence-electron chi connectivity index (χ3n) is 0.718. The molecule has 0 saturated heterocycles. The van der Waals surface area contributed by atoms with Crippen LogP contribution < -0.4 is 0 Å². The van der Waals surface area contributed by atoms with Gasteiger partial charge in [-0.25, -0.2) is 9.79 Å². The van der Waals surface area contributed by atoms with Crippen LogP contribution in [0.4, 0.5) is 4.39 Å². The highest BCUT2D eigenvalue weighted by molar-refractivity contribution is 5.32. The van der Waals surface area contributed by atoms with E-state index in [2.05, 4.69) is 4.99 Å². The van der Waals surface area contributed by atoms with Gasteiger partial charge in [-0.2, -0.15) is 0 Å². The monoisotopic (exact) mass is 117 g/mol. The Kier molecular flexibility index (Phi) is 5.77. The average molecular weight is 117 g/mol. The van der Waals surface area contributed by atoms with Gasteiger partial charge in [0.25, 0.3) is 0 Å². The van der Waals surface area contributed by atoms with Crippen LogP contribution in [0.15, 0.2) is 4.99 Å². The van der Waals surface area contributed by atoms with Gasteiger partial charge in [-0.1, -0.05) is 0 Å². The minimum Gasteiger partial charge on any atom is -0.251 e. The number of alkyl halides is 1. The average Bonchev–Trinajstić information content (AvgIpc) is 1.81. The van der Waals surface area contributed by atoms with Crippen LogP contribution in [0.5, 0.6) is 0 Å². The molecule has 0 bridgehead atoms. The van der Waals surface area contributed by atoms with Crippen LogP contribution in [0.25, 0.3) is 0 Å². The van der Waals surface area contributed by atoms with E-state index in [-0.39, 0.29) is 6.67 Å². The maximum Gasteiger partial charge on any atom is 0.234 e. The van der Waals surface area contributed by atoms with Gasteiger partial charge in [-0.05, 0) is 12.8 Å². The molecule has 0 aromatic rings. The Bertz CT molecular complexity index is 88.4. The van der Waals surface area contributed by atoms with Crippen molar-refractivity contribution in [1.29, 1.82) is 0 Å². The summed E-state index contributed by atoms with van der Waals surface area (Å²) in [5.41, 5.74) is 0. The Balaban J connectivity index is 2.82. The van der Waals surface area contributed by atoms with E-state index in [1.807, 2.05) is 0 Å². The summed E-state index contributed by atoms with van der Waals surface area (Å²) >= 11 is 0. The largest absolute Gasteiger partial charge is 0.251 e. The molecule has 0 aromatic carbocycles. The summed E-state index contributed by atoms with van der Waals surface area (Å²) < 4.78 is 11.3. The van der Waals surface area contributed by atoms with Crippen molar-refractivity contribution in [3.63, 3.8) is 0 Å². The minimum absolute atomic E-state index is 0.325. The van der Waals surface area contributed by atoms with Crippen LogP contribution >= 0.6 is 0 Å². The fourth-order valence-corrected chi connectivity index (χ4v) is 0.331. The standard InChI is InChI=1S/C5H8FNO/c6-3-1-2-4-7-5-8/h1-4H2. The molecule has 8 heavy (non-hydrogen) atoms. The molecular weight excluding hydrogens is 109 g/mol. The van der Waals surface area contributed by atoms with E-state index >= 15 is 0 Å². The Morgan fingerprint density at radius 1 is 1.50 bits per heavy atom. The zero-order chi connectivity index (χ0) is 6.24. The van der Waals surface area contributed by atoms with Gasteiger partial charge in [0.2, 0.25) is 6.08 Å². The molecule has 0 amide bonds. The maximum absolute atomic E-state index is 11.3. The van der Waals surface area contributed by atoms with Crippen molar-refractivity contribution in [2.24, 2.45) is 4.99 Å². The zero-order valence-corrected chi connectivity index (χ0v) is 4.56. The molecule has 46 valence electrons. The molecule has 0 aliphatic carbocycles. The molecule has 0 rings (SSSR count). The van der Waals surface area contributed by atoms with Crippen molar-refractivity contribution in [3.8, 4) is 0 Å². The molecule has 0 heterocycles. The lowest BCUT2D eigenvalue weighted by atomic mass is 10.3.